The third-order valence-electron chi connectivity index (χ3n) is 4.41. The van der Waals surface area contributed by atoms with Crippen LogP contribution < -0.4 is 0 Å². The highest BCUT2D eigenvalue weighted by atomic mass is 32.2. The van der Waals surface area contributed by atoms with Gasteiger partial charge in [-0.2, -0.15) is 0 Å². The Kier molecular flexibility index (Phi) is 7.58. The third-order valence-corrected chi connectivity index (χ3v) is 6.31. The van der Waals surface area contributed by atoms with Crippen molar-refractivity contribution in [3.63, 3.8) is 0 Å². The molecule has 0 radical (unpaired) electrons. The molecule has 4 rings (SSSR count). The van der Waals surface area contributed by atoms with Gasteiger partial charge in [0.15, 0.2) is 5.16 Å². The number of hydrogen-bond acceptors (Lipinski definition) is 8. The van der Waals surface area contributed by atoms with Gasteiger partial charge < -0.3 is 9.47 Å². The van der Waals surface area contributed by atoms with Gasteiger partial charge in [-0.1, -0.05) is 53.4 Å². The molecule has 3 aromatic heterocycles. The van der Waals surface area contributed by atoms with Crippen LogP contribution in [0.15, 0.2) is 59.9 Å². The number of pyridine rings is 1. The molecule has 6 nitrogen and oxygen atoms in total. The summed E-state index contributed by atoms with van der Waals surface area (Å²) in [7, 11) is 0. The maximum absolute atomic E-state index is 5.79. The molecule has 0 saturated carbocycles. The van der Waals surface area contributed by atoms with Gasteiger partial charge in [0, 0.05) is 31.6 Å². The number of ether oxygens (including phenoxy) is 2. The van der Waals surface area contributed by atoms with Crippen molar-refractivity contribution in [3.05, 3.63) is 76.7 Å². The lowest BCUT2D eigenvalue weighted by Gasteiger charge is -2.17. The molecule has 0 bridgehead atoms. The molecule has 160 valence electrons. The first-order chi connectivity index (χ1) is 15.2. The summed E-state index contributed by atoms with van der Waals surface area (Å²) in [6.07, 6.45) is 1.89. The molecule has 31 heavy (non-hydrogen) atoms. The number of aromatic nitrogens is 4. The smallest absolute Gasteiger partial charge is 0.201 e. The third kappa shape index (κ3) is 5.86. The van der Waals surface area contributed by atoms with Gasteiger partial charge in [0.2, 0.25) is 6.29 Å². The maximum Gasteiger partial charge on any atom is 0.201 e. The molecule has 3 heterocycles. The molecule has 8 heteroatoms. The Balaban J connectivity index is 1.62. The van der Waals surface area contributed by atoms with Crippen molar-refractivity contribution in [2.24, 2.45) is 0 Å². The lowest BCUT2D eigenvalue weighted by atomic mass is 10.2. The molecule has 0 N–H and O–H groups in total. The fraction of sp³-hybridized carbons (Fsp3) is 0.304. The van der Waals surface area contributed by atoms with Gasteiger partial charge in [-0.15, -0.1) is 0 Å². The van der Waals surface area contributed by atoms with Gasteiger partial charge in [0.1, 0.15) is 21.0 Å². The van der Waals surface area contributed by atoms with E-state index in [0.717, 1.165) is 32.5 Å². The molecule has 0 unspecified atom stereocenters. The molecule has 0 aliphatic rings. The zero-order chi connectivity index (χ0) is 21.5. The molecule has 4 aromatic rings. The van der Waals surface area contributed by atoms with E-state index >= 15 is 0 Å². The van der Waals surface area contributed by atoms with Crippen LogP contribution in [0.1, 0.15) is 42.1 Å². The Hall–Kier alpha value is -2.39. The second-order valence-electron chi connectivity index (χ2n) is 6.70. The zero-order valence-corrected chi connectivity index (χ0v) is 19.2. The van der Waals surface area contributed by atoms with Gasteiger partial charge >= 0.3 is 0 Å². The largest absolute Gasteiger partial charge is 0.347 e. The van der Waals surface area contributed by atoms with Gasteiger partial charge in [-0.25, -0.2) is 19.9 Å². The highest BCUT2D eigenvalue weighted by Crippen LogP contribution is 2.26. The number of hydrogen-bond donors (Lipinski definition) is 0. The Labute approximate surface area is 190 Å². The van der Waals surface area contributed by atoms with Crippen LogP contribution in [-0.4, -0.2) is 33.1 Å². The van der Waals surface area contributed by atoms with Gasteiger partial charge in [-0.05, 0) is 37.6 Å². The molecule has 0 aliphatic carbocycles. The Morgan fingerprint density at radius 2 is 1.77 bits per heavy atom. The molecule has 0 amide bonds. The minimum atomic E-state index is -0.509. The monoisotopic (exact) mass is 452 g/mol. The van der Waals surface area contributed by atoms with E-state index in [1.54, 1.807) is 29.3 Å². The summed E-state index contributed by atoms with van der Waals surface area (Å²) in [5.74, 6) is 0.794. The van der Waals surface area contributed by atoms with Crippen molar-refractivity contribution in [3.8, 4) is 0 Å². The standard InChI is InChI=1S/C23H24N4O2S2/c1-3-28-22(29-4-2)19-13-17(14-20-26-18-11-8-12-24-21(18)31-20)25-23(27-19)30-15-16-9-6-5-7-10-16/h5-13,22H,3-4,14-15H2,1-2H3. The summed E-state index contributed by atoms with van der Waals surface area (Å²) < 4.78 is 11.6. The summed E-state index contributed by atoms with van der Waals surface area (Å²) in [5, 5.41) is 1.68. The van der Waals surface area contributed by atoms with E-state index in [0.29, 0.717) is 24.8 Å². The number of fused-ring (bicyclic) bond motifs is 1. The quantitative estimate of drug-likeness (QED) is 0.180. The minimum absolute atomic E-state index is 0.509. The van der Waals surface area contributed by atoms with Gasteiger partial charge in [0.25, 0.3) is 0 Å². The molecule has 0 aliphatic heterocycles. The highest BCUT2D eigenvalue weighted by molar-refractivity contribution is 7.98. The van der Waals surface area contributed by atoms with E-state index in [4.69, 9.17) is 24.4 Å². The van der Waals surface area contributed by atoms with Crippen LogP contribution in [0.3, 0.4) is 0 Å². The van der Waals surface area contributed by atoms with Crippen molar-refractivity contribution in [2.75, 3.05) is 13.2 Å². The molecule has 0 atom stereocenters. The predicted molar refractivity (Wildman–Crippen MR) is 124 cm³/mol. The predicted octanol–water partition coefficient (Wildman–Crippen LogP) is 5.44. The van der Waals surface area contributed by atoms with Crippen LogP contribution in [-0.2, 0) is 21.6 Å². The topological polar surface area (TPSA) is 70.0 Å². The van der Waals surface area contributed by atoms with Crippen molar-refractivity contribution < 1.29 is 9.47 Å². The second kappa shape index (κ2) is 10.8. The minimum Gasteiger partial charge on any atom is -0.347 e. The van der Waals surface area contributed by atoms with E-state index < -0.39 is 6.29 Å². The average Bonchev–Trinajstić information content (AvgIpc) is 3.20. The lowest BCUT2D eigenvalue weighted by Crippen LogP contribution is -2.12. The van der Waals surface area contributed by atoms with Crippen molar-refractivity contribution in [1.82, 2.24) is 19.9 Å². The first kappa shape index (κ1) is 21.8. The number of nitrogens with zero attached hydrogens (tertiary/aromatic N) is 4. The van der Waals surface area contributed by atoms with Crippen LogP contribution in [0.25, 0.3) is 10.3 Å². The van der Waals surface area contributed by atoms with E-state index in [9.17, 15) is 0 Å². The van der Waals surface area contributed by atoms with E-state index in [2.05, 4.69) is 17.1 Å². The SMILES string of the molecule is CCOC(OCC)c1cc(Cc2nc3cccnc3s2)nc(SCc2ccccc2)n1. The first-order valence-corrected chi connectivity index (χ1v) is 12.0. The van der Waals surface area contributed by atoms with Crippen LogP contribution >= 0.6 is 23.1 Å². The summed E-state index contributed by atoms with van der Waals surface area (Å²) in [4.78, 5) is 19.6. The summed E-state index contributed by atoms with van der Waals surface area (Å²) in [6.45, 7) is 4.99. The number of benzene rings is 1. The summed E-state index contributed by atoms with van der Waals surface area (Å²) in [6, 6.07) is 16.2. The highest BCUT2D eigenvalue weighted by Gasteiger charge is 2.17. The number of thiazole rings is 1. The normalized spacial score (nSPS) is 11.5. The maximum atomic E-state index is 5.79. The Morgan fingerprint density at radius 3 is 2.52 bits per heavy atom. The van der Waals surface area contributed by atoms with Crippen LogP contribution in [0.2, 0.25) is 0 Å². The Bertz CT molecular complexity index is 1080. The van der Waals surface area contributed by atoms with Crippen LogP contribution in [0.5, 0.6) is 0 Å². The fourth-order valence-electron chi connectivity index (χ4n) is 3.06. The van der Waals surface area contributed by atoms with Crippen molar-refractivity contribution in [1.29, 1.82) is 0 Å². The van der Waals surface area contributed by atoms with E-state index in [1.165, 1.54) is 5.56 Å². The van der Waals surface area contributed by atoms with Crippen LogP contribution in [0.4, 0.5) is 0 Å². The molecular weight excluding hydrogens is 428 g/mol. The second-order valence-corrected chi connectivity index (χ2v) is 8.70. The van der Waals surface area contributed by atoms with E-state index in [-0.39, 0.29) is 0 Å². The molecule has 0 saturated heterocycles. The fourth-order valence-corrected chi connectivity index (χ4v) is 4.82. The van der Waals surface area contributed by atoms with Crippen molar-refractivity contribution in [2.45, 2.75) is 37.5 Å². The van der Waals surface area contributed by atoms with Crippen LogP contribution in [0, 0.1) is 0 Å². The molecular formula is C23H24N4O2S2. The average molecular weight is 453 g/mol. The van der Waals surface area contributed by atoms with Crippen molar-refractivity contribution >= 4 is 33.4 Å². The van der Waals surface area contributed by atoms with Gasteiger partial charge in [0.05, 0.1) is 5.69 Å². The number of rotatable bonds is 10. The Morgan fingerprint density at radius 1 is 0.968 bits per heavy atom. The molecule has 0 spiro atoms. The number of thioether (sulfide) groups is 1. The first-order valence-electron chi connectivity index (χ1n) is 10.2. The molecule has 0 fully saturated rings. The zero-order valence-electron chi connectivity index (χ0n) is 17.5. The lowest BCUT2D eigenvalue weighted by molar-refractivity contribution is -0.143. The summed E-state index contributed by atoms with van der Waals surface area (Å²) >= 11 is 3.20. The summed E-state index contributed by atoms with van der Waals surface area (Å²) in [5.41, 5.74) is 3.77. The van der Waals surface area contributed by atoms with Gasteiger partial charge in [-0.3, -0.25) is 0 Å². The molecule has 1 aromatic carbocycles. The van der Waals surface area contributed by atoms with E-state index in [1.807, 2.05) is 50.2 Å².